The maximum absolute atomic E-state index is 13.7. The Morgan fingerprint density at radius 2 is 1.32 bits per heavy atom. The molecule has 3 aliphatic rings. The van der Waals surface area contributed by atoms with Crippen LogP contribution in [0.2, 0.25) is 0 Å². The zero-order valence-electron chi connectivity index (χ0n) is 23.0. The molecule has 1 N–H and O–H groups in total. The largest absolute Gasteiger partial charge is 0.448 e. The van der Waals surface area contributed by atoms with Crippen LogP contribution in [-0.4, -0.2) is 34.8 Å². The van der Waals surface area contributed by atoms with E-state index in [2.05, 4.69) is 103 Å². The van der Waals surface area contributed by atoms with Crippen molar-refractivity contribution < 1.29 is 14.6 Å². The third-order valence-electron chi connectivity index (χ3n) is 9.82. The Bertz CT molecular complexity index is 1750. The molecule has 0 spiro atoms. The molecule has 204 valence electrons. The van der Waals surface area contributed by atoms with Gasteiger partial charge in [0.2, 0.25) is 0 Å². The number of amides is 1. The smallest absolute Gasteiger partial charge is 0.410 e. The highest BCUT2D eigenvalue weighted by molar-refractivity contribution is 6.09. The molecule has 1 aliphatic carbocycles. The molecule has 0 aromatic heterocycles. The summed E-state index contributed by atoms with van der Waals surface area (Å²) in [6.07, 6.45) is 3.64. The van der Waals surface area contributed by atoms with Gasteiger partial charge in [-0.1, -0.05) is 97.1 Å². The van der Waals surface area contributed by atoms with Crippen molar-refractivity contribution in [2.24, 2.45) is 0 Å². The normalized spacial score (nSPS) is 23.4. The van der Waals surface area contributed by atoms with E-state index >= 15 is 0 Å². The van der Waals surface area contributed by atoms with E-state index in [0.29, 0.717) is 19.4 Å². The van der Waals surface area contributed by atoms with Crippen LogP contribution in [0.5, 0.6) is 0 Å². The molecule has 5 aromatic rings. The van der Waals surface area contributed by atoms with Gasteiger partial charge in [0.1, 0.15) is 6.61 Å². The van der Waals surface area contributed by atoms with Crippen molar-refractivity contribution in [3.8, 4) is 11.1 Å². The van der Waals surface area contributed by atoms with Crippen molar-refractivity contribution in [3.63, 3.8) is 0 Å². The van der Waals surface area contributed by atoms with Gasteiger partial charge in [-0.3, -0.25) is 0 Å². The van der Waals surface area contributed by atoms with Crippen LogP contribution in [0.25, 0.3) is 32.7 Å². The highest BCUT2D eigenvalue weighted by Crippen LogP contribution is 2.48. The van der Waals surface area contributed by atoms with Gasteiger partial charge in [0.15, 0.2) is 0 Å². The summed E-state index contributed by atoms with van der Waals surface area (Å²) in [7, 11) is 0. The predicted octanol–water partition coefficient (Wildman–Crippen LogP) is 8.15. The number of nitrogens with zero attached hydrogens (tertiary/aromatic N) is 1. The predicted molar refractivity (Wildman–Crippen MR) is 163 cm³/mol. The summed E-state index contributed by atoms with van der Waals surface area (Å²) in [6.45, 7) is 0.322. The zero-order chi connectivity index (χ0) is 27.6. The summed E-state index contributed by atoms with van der Waals surface area (Å²) in [4.78, 5) is 15.7. The minimum atomic E-state index is -1.00. The molecule has 2 atom stereocenters. The second-order valence-corrected chi connectivity index (χ2v) is 12.1. The van der Waals surface area contributed by atoms with Crippen LogP contribution >= 0.6 is 0 Å². The molecule has 41 heavy (non-hydrogen) atoms. The van der Waals surface area contributed by atoms with Crippen molar-refractivity contribution in [1.82, 2.24) is 4.90 Å². The van der Waals surface area contributed by atoms with E-state index in [1.807, 2.05) is 4.90 Å². The Morgan fingerprint density at radius 3 is 2.00 bits per heavy atom. The second-order valence-electron chi connectivity index (χ2n) is 12.1. The summed E-state index contributed by atoms with van der Waals surface area (Å²) in [5, 5.41) is 16.9. The van der Waals surface area contributed by atoms with Gasteiger partial charge in [-0.05, 0) is 74.7 Å². The first-order chi connectivity index (χ1) is 20.1. The number of hydrogen-bond donors (Lipinski definition) is 1. The molecule has 2 fully saturated rings. The fraction of sp³-hybridized carbons (Fsp3) is 0.270. The minimum Gasteiger partial charge on any atom is -0.448 e. The van der Waals surface area contributed by atoms with Crippen LogP contribution in [-0.2, 0) is 10.3 Å². The number of ether oxygens (including phenoxy) is 1. The molecule has 0 radical (unpaired) electrons. The lowest BCUT2D eigenvalue weighted by atomic mass is 9.71. The Morgan fingerprint density at radius 1 is 0.756 bits per heavy atom. The molecule has 2 bridgehead atoms. The Kier molecular flexibility index (Phi) is 5.68. The van der Waals surface area contributed by atoms with Crippen LogP contribution in [0.15, 0.2) is 103 Å². The average molecular weight is 540 g/mol. The first kappa shape index (κ1) is 24.6. The van der Waals surface area contributed by atoms with Crippen molar-refractivity contribution in [2.75, 3.05) is 6.61 Å². The van der Waals surface area contributed by atoms with Gasteiger partial charge in [-0.2, -0.15) is 0 Å². The van der Waals surface area contributed by atoms with Crippen molar-refractivity contribution >= 4 is 27.6 Å². The number of rotatable bonds is 3. The molecule has 5 aromatic carbocycles. The first-order valence-corrected chi connectivity index (χ1v) is 14.9. The van der Waals surface area contributed by atoms with E-state index in [0.717, 1.165) is 41.0 Å². The number of fused-ring (bicyclic) bond motifs is 8. The molecule has 4 nitrogen and oxygen atoms in total. The standard InChI is InChI=1S/C37H33NO3/c39-36(41-23-34-31-17-5-3-15-29(31)30-16-4-6-18-32(30)34)38-25-11-9-12-26(38)22-37(40,21-25)35-20-24-10-1-2-13-27(24)28-14-7-8-19-33(28)35/h1-8,10,13-20,25-26,34,40H,9,11-12,21-23H2. The molecule has 8 rings (SSSR count). The fourth-order valence-corrected chi connectivity index (χ4v) is 8.06. The summed E-state index contributed by atoms with van der Waals surface area (Å²) >= 11 is 0. The van der Waals surface area contributed by atoms with E-state index in [4.69, 9.17) is 4.74 Å². The number of carbonyl (C=O) groups is 1. The van der Waals surface area contributed by atoms with E-state index in [-0.39, 0.29) is 24.1 Å². The van der Waals surface area contributed by atoms with E-state index < -0.39 is 5.60 Å². The quantitative estimate of drug-likeness (QED) is 0.235. The van der Waals surface area contributed by atoms with Crippen molar-refractivity contribution in [3.05, 3.63) is 120 Å². The van der Waals surface area contributed by atoms with Crippen molar-refractivity contribution in [1.29, 1.82) is 0 Å². The van der Waals surface area contributed by atoms with Gasteiger partial charge < -0.3 is 14.7 Å². The maximum atomic E-state index is 13.7. The lowest BCUT2D eigenvalue weighted by Gasteiger charge is -2.51. The minimum absolute atomic E-state index is 0.0388. The number of piperidine rings is 2. The topological polar surface area (TPSA) is 49.8 Å². The molecular formula is C37H33NO3. The molecule has 2 heterocycles. The molecule has 2 saturated heterocycles. The van der Waals surface area contributed by atoms with Crippen molar-refractivity contribution in [2.45, 2.75) is 55.7 Å². The van der Waals surface area contributed by atoms with Gasteiger partial charge in [-0.15, -0.1) is 0 Å². The molecule has 1 amide bonds. The molecule has 0 saturated carbocycles. The second kappa shape index (κ2) is 9.46. The molecule has 4 heteroatoms. The third-order valence-corrected chi connectivity index (χ3v) is 9.82. The monoisotopic (exact) mass is 539 g/mol. The van der Waals surface area contributed by atoms with E-state index in [9.17, 15) is 9.90 Å². The summed E-state index contributed by atoms with van der Waals surface area (Å²) < 4.78 is 6.12. The molecular weight excluding hydrogens is 506 g/mol. The van der Waals surface area contributed by atoms with Gasteiger partial charge in [0.25, 0.3) is 0 Å². The average Bonchev–Trinajstić information content (AvgIpc) is 3.32. The lowest BCUT2D eigenvalue weighted by Crippen LogP contribution is -2.59. The summed E-state index contributed by atoms with van der Waals surface area (Å²) in [6, 6.07) is 35.8. The number of hydrogen-bond acceptors (Lipinski definition) is 3. The van der Waals surface area contributed by atoms with Crippen LogP contribution in [0.1, 0.15) is 54.7 Å². The zero-order valence-corrected chi connectivity index (χ0v) is 23.0. The Balaban J connectivity index is 1.08. The van der Waals surface area contributed by atoms with Gasteiger partial charge in [0.05, 0.1) is 5.60 Å². The first-order valence-electron chi connectivity index (χ1n) is 14.9. The number of carbonyl (C=O) groups excluding carboxylic acids is 1. The Hall–Kier alpha value is -4.15. The maximum Gasteiger partial charge on any atom is 0.410 e. The fourth-order valence-electron chi connectivity index (χ4n) is 8.06. The van der Waals surface area contributed by atoms with Gasteiger partial charge >= 0.3 is 6.09 Å². The van der Waals surface area contributed by atoms with E-state index in [1.165, 1.54) is 27.6 Å². The highest BCUT2D eigenvalue weighted by atomic mass is 16.6. The third kappa shape index (κ3) is 3.88. The van der Waals surface area contributed by atoms with Crippen LogP contribution < -0.4 is 0 Å². The van der Waals surface area contributed by atoms with Gasteiger partial charge in [-0.25, -0.2) is 4.79 Å². The van der Waals surface area contributed by atoms with Crippen LogP contribution in [0.3, 0.4) is 0 Å². The lowest BCUT2D eigenvalue weighted by molar-refractivity contribution is -0.0882. The molecule has 2 aliphatic heterocycles. The highest BCUT2D eigenvalue weighted by Gasteiger charge is 2.49. The summed E-state index contributed by atoms with van der Waals surface area (Å²) in [5.74, 6) is 0.0388. The molecule has 2 unspecified atom stereocenters. The van der Waals surface area contributed by atoms with E-state index in [1.54, 1.807) is 0 Å². The van der Waals surface area contributed by atoms with Crippen LogP contribution in [0, 0.1) is 0 Å². The number of aliphatic hydroxyl groups is 1. The SMILES string of the molecule is O=C(OCC1c2ccccc2-c2ccccc21)N1C2CCCC1CC(O)(c1cc3ccccc3c3ccccc13)C2. The van der Waals surface area contributed by atoms with Gasteiger partial charge in [0, 0.05) is 30.8 Å². The van der Waals surface area contributed by atoms with Crippen LogP contribution in [0.4, 0.5) is 4.79 Å². The summed E-state index contributed by atoms with van der Waals surface area (Å²) in [5.41, 5.74) is 4.88. The Labute approximate surface area is 240 Å². The number of benzene rings is 5.